The van der Waals surface area contributed by atoms with Gasteiger partial charge in [-0.05, 0) is 80.0 Å². The van der Waals surface area contributed by atoms with E-state index >= 15 is 0 Å². The summed E-state index contributed by atoms with van der Waals surface area (Å²) in [6.07, 6.45) is 8.02. The molecule has 10 heteroatoms. The van der Waals surface area contributed by atoms with Gasteiger partial charge in [-0.3, -0.25) is 4.79 Å². The zero-order valence-electron chi connectivity index (χ0n) is 24.0. The fraction of sp³-hybridized carbons (Fsp3) is 0.438. The van der Waals surface area contributed by atoms with Gasteiger partial charge in [0.2, 0.25) is 5.91 Å². The van der Waals surface area contributed by atoms with Crippen LogP contribution in [0, 0.1) is 24.0 Å². The standard InChI is InChI=1S/C32H37F2N5O3/c1-20-15-38(19-36-20)27-8-7-22(13-29(27)42-2)26-16-37(30(35)21-5-3-6-21)18-32(26)9-4-10-39(31(32)41)28(17-40)23-11-24(33)14-25(34)12-23/h7-8,11-15,19,26,28,40H,3-6,9-10,16-18,35H2,1-2H3/t26?,28-,32?/m0/s1. The maximum absolute atomic E-state index is 14.6. The minimum atomic E-state index is -0.863. The number of nitrogens with two attached hydrogens (primary N) is 1. The molecular weight excluding hydrogens is 540 g/mol. The molecule has 2 unspecified atom stereocenters. The average Bonchev–Trinajstić information content (AvgIpc) is 3.54. The van der Waals surface area contributed by atoms with Crippen molar-refractivity contribution in [3.05, 3.63) is 88.8 Å². The van der Waals surface area contributed by atoms with Crippen molar-refractivity contribution in [1.29, 1.82) is 0 Å². The fourth-order valence-corrected chi connectivity index (χ4v) is 7.01. The van der Waals surface area contributed by atoms with E-state index in [1.807, 2.05) is 35.9 Å². The highest BCUT2D eigenvalue weighted by Gasteiger charge is 2.56. The van der Waals surface area contributed by atoms with Gasteiger partial charge >= 0.3 is 0 Å². The number of methoxy groups -OCH3 is 1. The van der Waals surface area contributed by atoms with Crippen LogP contribution in [0.2, 0.25) is 0 Å². The molecule has 3 N–H and O–H groups in total. The number of ether oxygens (including phenoxy) is 1. The first-order chi connectivity index (χ1) is 20.2. The number of piperidine rings is 1. The Bertz CT molecular complexity index is 1510. The second-order valence-corrected chi connectivity index (χ2v) is 11.8. The Kier molecular flexibility index (Phi) is 7.43. The van der Waals surface area contributed by atoms with Gasteiger partial charge in [0, 0.05) is 37.8 Å². The zero-order valence-corrected chi connectivity index (χ0v) is 24.0. The number of rotatable bonds is 7. The molecule has 3 aromatic rings. The van der Waals surface area contributed by atoms with Crippen LogP contribution in [0.5, 0.6) is 5.75 Å². The lowest BCUT2D eigenvalue weighted by Gasteiger charge is -2.45. The topological polar surface area (TPSA) is 96.9 Å². The normalized spacial score (nSPS) is 22.9. The molecule has 1 spiro atoms. The number of hydrogen-bond acceptors (Lipinski definition) is 6. The van der Waals surface area contributed by atoms with Crippen molar-refractivity contribution in [3.8, 4) is 11.4 Å². The summed E-state index contributed by atoms with van der Waals surface area (Å²) >= 11 is 0. The third kappa shape index (κ3) is 4.81. The Hall–Kier alpha value is -3.92. The molecule has 3 heterocycles. The molecular formula is C32H37F2N5O3. The number of benzene rings is 2. The first-order valence-electron chi connectivity index (χ1n) is 14.5. The third-order valence-electron chi connectivity index (χ3n) is 9.33. The number of likely N-dealkylation sites (tertiary alicyclic amines) is 2. The predicted molar refractivity (Wildman–Crippen MR) is 154 cm³/mol. The van der Waals surface area contributed by atoms with Gasteiger partial charge in [0.05, 0.1) is 48.7 Å². The van der Waals surface area contributed by atoms with Crippen LogP contribution in [0.15, 0.2) is 60.3 Å². The second kappa shape index (κ2) is 11.1. The van der Waals surface area contributed by atoms with E-state index in [1.165, 1.54) is 17.7 Å². The predicted octanol–water partition coefficient (Wildman–Crippen LogP) is 4.56. The number of aryl methyl sites for hydroxylation is 1. The Morgan fingerprint density at radius 2 is 1.95 bits per heavy atom. The summed E-state index contributed by atoms with van der Waals surface area (Å²) in [6.45, 7) is 2.85. The summed E-state index contributed by atoms with van der Waals surface area (Å²) in [7, 11) is 1.62. The van der Waals surface area contributed by atoms with E-state index in [1.54, 1.807) is 18.3 Å². The summed E-state index contributed by atoms with van der Waals surface area (Å²) in [5.41, 5.74) is 9.98. The fourth-order valence-electron chi connectivity index (χ4n) is 7.01. The van der Waals surface area contributed by atoms with E-state index in [2.05, 4.69) is 9.88 Å². The van der Waals surface area contributed by atoms with Gasteiger partial charge in [0.25, 0.3) is 0 Å². The van der Waals surface area contributed by atoms with Crippen LogP contribution < -0.4 is 10.5 Å². The number of halogens is 2. The molecule has 2 aliphatic heterocycles. The van der Waals surface area contributed by atoms with E-state index in [0.29, 0.717) is 38.2 Å². The van der Waals surface area contributed by atoms with Gasteiger partial charge in [-0.1, -0.05) is 6.07 Å². The van der Waals surface area contributed by atoms with Crippen molar-refractivity contribution in [1.82, 2.24) is 19.4 Å². The minimum absolute atomic E-state index is 0.135. The summed E-state index contributed by atoms with van der Waals surface area (Å²) in [4.78, 5) is 22.7. The highest BCUT2D eigenvalue weighted by Crippen LogP contribution is 2.52. The Morgan fingerprint density at radius 3 is 2.57 bits per heavy atom. The SMILES string of the molecule is COc1cc(C2CN(C(N)=C3CCC3)CC23CCCN([C@@H](CO)c2cc(F)cc(F)c2)C3=O)ccc1-n1cnc(C)c1. The number of aromatic nitrogens is 2. The number of amides is 1. The molecule has 2 saturated heterocycles. The summed E-state index contributed by atoms with van der Waals surface area (Å²) in [5.74, 6) is -0.433. The maximum atomic E-state index is 14.6. The molecule has 1 aliphatic carbocycles. The molecule has 1 aromatic heterocycles. The maximum Gasteiger partial charge on any atom is 0.231 e. The number of carbonyl (C=O) groups excluding carboxylic acids is 1. The van der Waals surface area contributed by atoms with E-state index in [-0.39, 0.29) is 17.4 Å². The summed E-state index contributed by atoms with van der Waals surface area (Å²) in [6, 6.07) is 8.32. The van der Waals surface area contributed by atoms with Gasteiger partial charge in [-0.25, -0.2) is 13.8 Å². The number of hydrogen-bond donors (Lipinski definition) is 2. The molecule has 2 aromatic carbocycles. The summed E-state index contributed by atoms with van der Waals surface area (Å²) < 4.78 is 36.1. The molecule has 6 rings (SSSR count). The van der Waals surface area contributed by atoms with Crippen LogP contribution in [0.1, 0.15) is 60.9 Å². The number of aliphatic hydroxyl groups is 1. The van der Waals surface area contributed by atoms with E-state index in [0.717, 1.165) is 48.1 Å². The smallest absolute Gasteiger partial charge is 0.231 e. The molecule has 1 amide bonds. The lowest BCUT2D eigenvalue weighted by Crippen LogP contribution is -2.53. The monoisotopic (exact) mass is 577 g/mol. The highest BCUT2D eigenvalue weighted by atomic mass is 19.1. The number of nitrogens with zero attached hydrogens (tertiary/aromatic N) is 4. The largest absolute Gasteiger partial charge is 0.495 e. The van der Waals surface area contributed by atoms with Crippen molar-refractivity contribution >= 4 is 5.91 Å². The number of allylic oxidation sites excluding steroid dienone is 1. The quantitative estimate of drug-likeness (QED) is 0.427. The zero-order chi connectivity index (χ0) is 29.6. The van der Waals surface area contributed by atoms with Crippen molar-refractivity contribution in [2.45, 2.75) is 51.0 Å². The molecule has 8 nitrogen and oxygen atoms in total. The molecule has 0 bridgehead atoms. The minimum Gasteiger partial charge on any atom is -0.495 e. The van der Waals surface area contributed by atoms with E-state index < -0.39 is 29.7 Å². The van der Waals surface area contributed by atoms with Crippen molar-refractivity contribution in [2.75, 3.05) is 33.4 Å². The van der Waals surface area contributed by atoms with Crippen LogP contribution in [-0.4, -0.2) is 63.7 Å². The van der Waals surface area contributed by atoms with Crippen LogP contribution in [0.25, 0.3) is 5.69 Å². The Morgan fingerprint density at radius 1 is 1.19 bits per heavy atom. The van der Waals surface area contributed by atoms with Gasteiger partial charge in [-0.2, -0.15) is 0 Å². The molecule has 222 valence electrons. The van der Waals surface area contributed by atoms with Crippen molar-refractivity contribution < 1.29 is 23.4 Å². The number of imidazole rings is 1. The van der Waals surface area contributed by atoms with Crippen LogP contribution in [0.3, 0.4) is 0 Å². The van der Waals surface area contributed by atoms with Crippen LogP contribution in [-0.2, 0) is 4.79 Å². The second-order valence-electron chi connectivity index (χ2n) is 11.8. The van der Waals surface area contributed by atoms with Gasteiger partial charge in [0.1, 0.15) is 17.4 Å². The molecule has 0 radical (unpaired) electrons. The summed E-state index contributed by atoms with van der Waals surface area (Å²) in [5, 5.41) is 10.4. The number of aliphatic hydroxyl groups excluding tert-OH is 1. The van der Waals surface area contributed by atoms with E-state index in [4.69, 9.17) is 10.5 Å². The lowest BCUT2D eigenvalue weighted by molar-refractivity contribution is -0.150. The first-order valence-corrected chi connectivity index (χ1v) is 14.5. The highest BCUT2D eigenvalue weighted by molar-refractivity contribution is 5.86. The molecule has 42 heavy (non-hydrogen) atoms. The van der Waals surface area contributed by atoms with E-state index in [9.17, 15) is 18.7 Å². The van der Waals surface area contributed by atoms with Gasteiger partial charge in [0.15, 0.2) is 0 Å². The molecule has 3 fully saturated rings. The van der Waals surface area contributed by atoms with Crippen molar-refractivity contribution in [2.24, 2.45) is 11.1 Å². The third-order valence-corrected chi connectivity index (χ3v) is 9.33. The number of carbonyl (C=O) groups is 1. The Balaban J connectivity index is 1.41. The molecule has 3 aliphatic rings. The lowest BCUT2D eigenvalue weighted by atomic mass is 9.68. The molecule has 3 atom stereocenters. The average molecular weight is 578 g/mol. The van der Waals surface area contributed by atoms with Gasteiger partial charge < -0.3 is 29.9 Å². The Labute approximate surface area is 244 Å². The van der Waals surface area contributed by atoms with Crippen LogP contribution >= 0.6 is 0 Å². The van der Waals surface area contributed by atoms with Crippen molar-refractivity contribution in [3.63, 3.8) is 0 Å². The first kappa shape index (κ1) is 28.2. The molecule has 1 saturated carbocycles. The van der Waals surface area contributed by atoms with Crippen LogP contribution in [0.4, 0.5) is 8.78 Å². The van der Waals surface area contributed by atoms with Gasteiger partial charge in [-0.15, -0.1) is 0 Å².